The summed E-state index contributed by atoms with van der Waals surface area (Å²) in [5, 5.41) is 0. The summed E-state index contributed by atoms with van der Waals surface area (Å²) in [4.78, 5) is 11.5. The van der Waals surface area contributed by atoms with Crippen molar-refractivity contribution in [1.82, 2.24) is 4.31 Å². The van der Waals surface area contributed by atoms with Gasteiger partial charge in [0.25, 0.3) is 0 Å². The lowest BCUT2D eigenvalue weighted by Gasteiger charge is -2.49. The molecule has 2 rings (SSSR count). The Kier molecular flexibility index (Phi) is 3.35. The average molecular weight is 290 g/mol. The minimum atomic E-state index is -4.12. The van der Waals surface area contributed by atoms with Gasteiger partial charge in [0.1, 0.15) is 5.54 Å². The molecule has 1 atom stereocenters. The Bertz CT molecular complexity index is 560. The molecule has 1 aliphatic rings. The van der Waals surface area contributed by atoms with Gasteiger partial charge in [-0.3, -0.25) is 4.79 Å². The van der Waals surface area contributed by atoms with Crippen molar-refractivity contribution in [2.75, 3.05) is 13.7 Å². The van der Waals surface area contributed by atoms with Crippen LogP contribution in [0.5, 0.6) is 0 Å². The van der Waals surface area contributed by atoms with E-state index in [0.29, 0.717) is 9.87 Å². The Hall–Kier alpha value is -1.11. The van der Waals surface area contributed by atoms with Crippen LogP contribution in [0.4, 0.5) is 0 Å². The summed E-state index contributed by atoms with van der Waals surface area (Å²) < 4.78 is 28.8. The van der Waals surface area contributed by atoms with E-state index in [1.165, 1.54) is 7.11 Å². The molecule has 18 heavy (non-hydrogen) atoms. The number of carbonyl (C=O) groups is 1. The number of nitrogens with zero attached hydrogens (tertiary/aromatic N) is 1. The molecule has 98 valence electrons. The molecule has 5 nitrogen and oxygen atoms in total. The van der Waals surface area contributed by atoms with Crippen molar-refractivity contribution in [3.63, 3.8) is 0 Å². The number of methoxy groups -OCH3 is 1. The molecule has 0 spiro atoms. The second-order valence-corrected chi connectivity index (χ2v) is 6.47. The van der Waals surface area contributed by atoms with Crippen LogP contribution >= 0.6 is 10.7 Å². The summed E-state index contributed by atoms with van der Waals surface area (Å²) >= 11 is 0. The summed E-state index contributed by atoms with van der Waals surface area (Å²) in [6.45, 7) is 0.0781. The summed E-state index contributed by atoms with van der Waals surface area (Å²) in [6.07, 6.45) is 0.0663. The number of β-lactam (4-membered cyclic amide) rings is 1. The molecular weight excluding hydrogens is 278 g/mol. The molecule has 0 aromatic heterocycles. The van der Waals surface area contributed by atoms with E-state index in [1.807, 2.05) is 6.07 Å². The molecule has 1 saturated heterocycles. The van der Waals surface area contributed by atoms with Crippen LogP contribution in [0.3, 0.4) is 0 Å². The van der Waals surface area contributed by atoms with E-state index in [-0.39, 0.29) is 13.0 Å². The van der Waals surface area contributed by atoms with E-state index >= 15 is 0 Å². The van der Waals surface area contributed by atoms with Crippen LogP contribution in [-0.2, 0) is 24.3 Å². The Balaban J connectivity index is 2.50. The maximum atomic E-state index is 11.5. The van der Waals surface area contributed by atoms with Crippen molar-refractivity contribution in [2.24, 2.45) is 0 Å². The lowest BCUT2D eigenvalue weighted by atomic mass is 9.81. The van der Waals surface area contributed by atoms with Crippen LogP contribution in [0.1, 0.15) is 12.0 Å². The number of rotatable bonds is 4. The molecule has 1 heterocycles. The third-order valence-corrected chi connectivity index (χ3v) is 4.37. The minimum Gasteiger partial charge on any atom is -0.382 e. The first-order chi connectivity index (χ1) is 8.42. The first-order valence-electron chi connectivity index (χ1n) is 5.24. The van der Waals surface area contributed by atoms with Gasteiger partial charge < -0.3 is 4.74 Å². The topological polar surface area (TPSA) is 63.7 Å². The molecule has 1 unspecified atom stereocenters. The molecule has 1 aromatic carbocycles. The quantitative estimate of drug-likeness (QED) is 0.618. The van der Waals surface area contributed by atoms with E-state index in [0.717, 1.165) is 0 Å². The normalized spacial score (nSPS) is 23.9. The number of benzene rings is 1. The van der Waals surface area contributed by atoms with Gasteiger partial charge in [-0.25, -0.2) is 4.31 Å². The molecule has 0 bridgehead atoms. The second-order valence-electron chi connectivity index (χ2n) is 4.11. The van der Waals surface area contributed by atoms with Crippen LogP contribution in [0.15, 0.2) is 30.3 Å². The Morgan fingerprint density at radius 2 is 2.00 bits per heavy atom. The fourth-order valence-corrected chi connectivity index (χ4v) is 3.85. The van der Waals surface area contributed by atoms with E-state index in [2.05, 4.69) is 0 Å². The standard InChI is InChI=1S/C11H12ClNO4S/c1-17-8-11(9-5-3-2-4-6-9)7-10(14)13(11)18(12,15)16/h2-6H,7-8H2,1H3. The van der Waals surface area contributed by atoms with Crippen molar-refractivity contribution >= 4 is 25.8 Å². The molecule has 1 aromatic rings. The van der Waals surface area contributed by atoms with Crippen LogP contribution in [0.25, 0.3) is 0 Å². The number of ether oxygens (including phenoxy) is 1. The summed E-state index contributed by atoms with van der Waals surface area (Å²) in [7, 11) is 2.66. The maximum Gasteiger partial charge on any atom is 0.324 e. The van der Waals surface area contributed by atoms with E-state index in [1.54, 1.807) is 24.3 Å². The van der Waals surface area contributed by atoms with Crippen molar-refractivity contribution in [1.29, 1.82) is 0 Å². The smallest absolute Gasteiger partial charge is 0.324 e. The number of hydrogen-bond donors (Lipinski definition) is 0. The zero-order valence-corrected chi connectivity index (χ0v) is 11.2. The highest BCUT2D eigenvalue weighted by Gasteiger charge is 2.57. The van der Waals surface area contributed by atoms with Crippen molar-refractivity contribution in [2.45, 2.75) is 12.0 Å². The van der Waals surface area contributed by atoms with Gasteiger partial charge in [-0.1, -0.05) is 30.3 Å². The first-order valence-corrected chi connectivity index (χ1v) is 7.51. The number of halogens is 1. The van der Waals surface area contributed by atoms with Gasteiger partial charge >= 0.3 is 9.24 Å². The predicted octanol–water partition coefficient (Wildman–Crippen LogP) is 1.24. The van der Waals surface area contributed by atoms with Gasteiger partial charge in [0.2, 0.25) is 5.91 Å². The molecule has 0 saturated carbocycles. The second kappa shape index (κ2) is 4.53. The summed E-state index contributed by atoms with van der Waals surface area (Å²) in [6, 6.07) is 8.86. The highest BCUT2D eigenvalue weighted by molar-refractivity contribution is 8.12. The lowest BCUT2D eigenvalue weighted by Crippen LogP contribution is -2.64. The van der Waals surface area contributed by atoms with E-state index in [4.69, 9.17) is 15.4 Å². The molecule has 1 fully saturated rings. The number of amides is 1. The van der Waals surface area contributed by atoms with Crippen LogP contribution < -0.4 is 0 Å². The molecule has 0 radical (unpaired) electrons. The number of hydrogen-bond acceptors (Lipinski definition) is 4. The largest absolute Gasteiger partial charge is 0.382 e. The summed E-state index contributed by atoms with van der Waals surface area (Å²) in [5.74, 6) is -0.522. The molecule has 1 amide bonds. The zero-order chi connectivity index (χ0) is 13.4. The van der Waals surface area contributed by atoms with Gasteiger partial charge in [-0.15, -0.1) is 0 Å². The fraction of sp³-hybridized carbons (Fsp3) is 0.364. The predicted molar refractivity (Wildman–Crippen MR) is 66.2 cm³/mol. The van der Waals surface area contributed by atoms with Crippen molar-refractivity contribution < 1.29 is 17.9 Å². The van der Waals surface area contributed by atoms with Gasteiger partial charge in [0.05, 0.1) is 13.0 Å². The maximum absolute atomic E-state index is 11.5. The van der Waals surface area contributed by atoms with Crippen molar-refractivity contribution in [3.05, 3.63) is 35.9 Å². The van der Waals surface area contributed by atoms with E-state index < -0.39 is 20.7 Å². The third kappa shape index (κ3) is 2.00. The van der Waals surface area contributed by atoms with Crippen molar-refractivity contribution in [3.8, 4) is 0 Å². The van der Waals surface area contributed by atoms with Crippen LogP contribution in [0.2, 0.25) is 0 Å². The van der Waals surface area contributed by atoms with E-state index in [9.17, 15) is 13.2 Å². The SMILES string of the molecule is COCC1(c2ccccc2)CC(=O)N1S(=O)(=O)Cl. The Labute approximate surface area is 110 Å². The van der Waals surface area contributed by atoms with Crippen LogP contribution in [-0.4, -0.2) is 32.3 Å². The first kappa shape index (κ1) is 13.3. The molecule has 0 aliphatic carbocycles. The molecule has 1 aliphatic heterocycles. The lowest BCUT2D eigenvalue weighted by molar-refractivity contribution is -0.150. The highest BCUT2D eigenvalue weighted by atomic mass is 35.7. The minimum absolute atomic E-state index is 0.0663. The third-order valence-electron chi connectivity index (χ3n) is 2.97. The monoisotopic (exact) mass is 289 g/mol. The number of carbonyl (C=O) groups excluding carboxylic acids is 1. The Morgan fingerprint density at radius 3 is 2.44 bits per heavy atom. The highest BCUT2D eigenvalue weighted by Crippen LogP contribution is 2.44. The van der Waals surface area contributed by atoms with Gasteiger partial charge in [-0.05, 0) is 5.56 Å². The zero-order valence-electron chi connectivity index (χ0n) is 9.67. The molecule has 0 N–H and O–H groups in total. The summed E-state index contributed by atoms with van der Waals surface area (Å²) in [5.41, 5.74) is -0.330. The fourth-order valence-electron chi connectivity index (χ4n) is 2.27. The van der Waals surface area contributed by atoms with Gasteiger partial charge in [0, 0.05) is 17.8 Å². The molecular formula is C11H12ClNO4S. The average Bonchev–Trinajstić information content (AvgIpc) is 2.26. The van der Waals surface area contributed by atoms with Gasteiger partial charge in [0.15, 0.2) is 0 Å². The van der Waals surface area contributed by atoms with Gasteiger partial charge in [-0.2, -0.15) is 8.42 Å². The molecule has 7 heteroatoms. The Morgan fingerprint density at radius 1 is 1.39 bits per heavy atom. The van der Waals surface area contributed by atoms with Crippen LogP contribution in [0, 0.1) is 0 Å².